The van der Waals surface area contributed by atoms with Gasteiger partial charge in [0.05, 0.1) is 11.7 Å². The van der Waals surface area contributed by atoms with Crippen LogP contribution in [0.15, 0.2) is 0 Å². The lowest BCUT2D eigenvalue weighted by atomic mass is 9.48. The molecule has 1 atom stereocenters. The van der Waals surface area contributed by atoms with Crippen LogP contribution in [0.1, 0.15) is 80.5 Å². The highest BCUT2D eigenvalue weighted by Gasteiger charge is 2.53. The van der Waals surface area contributed by atoms with Gasteiger partial charge >= 0.3 is 0 Å². The second kappa shape index (κ2) is 6.57. The fourth-order valence-electron chi connectivity index (χ4n) is 7.07. The Morgan fingerprint density at radius 3 is 2.33 bits per heavy atom. The smallest absolute Gasteiger partial charge is 0.273 e. The van der Waals surface area contributed by atoms with E-state index in [4.69, 9.17) is 0 Å². The molecule has 1 saturated heterocycles. The van der Waals surface area contributed by atoms with Crippen LogP contribution >= 0.6 is 0 Å². The Morgan fingerprint density at radius 1 is 1.15 bits per heavy atom. The summed E-state index contributed by atoms with van der Waals surface area (Å²) < 4.78 is 1.98. The zero-order valence-corrected chi connectivity index (χ0v) is 16.7. The molecular weight excluding hydrogens is 338 g/mol. The van der Waals surface area contributed by atoms with Crippen molar-refractivity contribution in [1.82, 2.24) is 25.6 Å². The van der Waals surface area contributed by atoms with Gasteiger partial charge < -0.3 is 10.6 Å². The lowest BCUT2D eigenvalue weighted by Gasteiger charge is -2.59. The third kappa shape index (κ3) is 3.00. The number of nitrogens with one attached hydrogen (secondary N) is 2. The van der Waals surface area contributed by atoms with Crippen molar-refractivity contribution in [2.24, 2.45) is 23.2 Å². The first kappa shape index (κ1) is 17.7. The maximum absolute atomic E-state index is 13.0. The van der Waals surface area contributed by atoms with E-state index in [-0.39, 0.29) is 11.9 Å². The highest BCUT2D eigenvalue weighted by Crippen LogP contribution is 2.61. The molecule has 1 aliphatic heterocycles. The van der Waals surface area contributed by atoms with E-state index in [9.17, 15) is 4.79 Å². The summed E-state index contributed by atoms with van der Waals surface area (Å²) in [4.78, 5) is 13.0. The predicted molar refractivity (Wildman–Crippen MR) is 103 cm³/mol. The third-order valence-electron chi connectivity index (χ3n) is 8.15. The number of amides is 1. The predicted octanol–water partition coefficient (Wildman–Crippen LogP) is 2.85. The topological polar surface area (TPSA) is 71.8 Å². The Kier molecular flexibility index (Phi) is 4.30. The monoisotopic (exact) mass is 371 g/mol. The van der Waals surface area contributed by atoms with Crippen molar-refractivity contribution < 1.29 is 4.79 Å². The van der Waals surface area contributed by atoms with Crippen molar-refractivity contribution in [1.29, 1.82) is 0 Å². The van der Waals surface area contributed by atoms with Gasteiger partial charge in [-0.1, -0.05) is 5.21 Å². The van der Waals surface area contributed by atoms with E-state index >= 15 is 0 Å². The lowest BCUT2D eigenvalue weighted by molar-refractivity contribution is -0.0688. The van der Waals surface area contributed by atoms with Crippen LogP contribution in [0, 0.1) is 30.1 Å². The molecule has 1 aromatic rings. The van der Waals surface area contributed by atoms with Crippen LogP contribution in [0.2, 0.25) is 0 Å². The van der Waals surface area contributed by atoms with Crippen LogP contribution in [0.5, 0.6) is 0 Å². The number of piperidine rings is 1. The van der Waals surface area contributed by atoms with E-state index in [2.05, 4.69) is 27.9 Å². The average molecular weight is 372 g/mol. The minimum Gasteiger partial charge on any atom is -0.348 e. The minimum absolute atomic E-state index is 0.0315. The SMILES string of the molecule is Cc1c(C(=O)NC(C)C23CC4CC(CC(C4)C2)C3)nnn1C1CCNCC1. The summed E-state index contributed by atoms with van der Waals surface area (Å²) in [6.45, 7) is 6.24. The van der Waals surface area contributed by atoms with Crippen LogP contribution in [0.3, 0.4) is 0 Å². The zero-order chi connectivity index (χ0) is 18.6. The van der Waals surface area contributed by atoms with Gasteiger partial charge in [0.15, 0.2) is 5.69 Å². The first-order valence-electron chi connectivity index (χ1n) is 11.0. The number of aromatic nitrogens is 3. The summed E-state index contributed by atoms with van der Waals surface area (Å²) in [6.07, 6.45) is 10.3. The fraction of sp³-hybridized carbons (Fsp3) is 0.857. The molecule has 2 heterocycles. The van der Waals surface area contributed by atoms with Gasteiger partial charge in [-0.15, -0.1) is 5.10 Å². The van der Waals surface area contributed by atoms with Crippen LogP contribution in [0.25, 0.3) is 0 Å². The Balaban J connectivity index is 1.30. The van der Waals surface area contributed by atoms with Crippen molar-refractivity contribution >= 4 is 5.91 Å². The maximum atomic E-state index is 13.0. The van der Waals surface area contributed by atoms with Crippen LogP contribution in [0.4, 0.5) is 0 Å². The molecular formula is C21H33N5O. The molecule has 4 aliphatic carbocycles. The van der Waals surface area contributed by atoms with Crippen molar-refractivity contribution in [3.8, 4) is 0 Å². The van der Waals surface area contributed by atoms with Gasteiger partial charge in [0.1, 0.15) is 0 Å². The Morgan fingerprint density at radius 2 is 1.74 bits per heavy atom. The number of rotatable bonds is 4. The van der Waals surface area contributed by atoms with Gasteiger partial charge in [0.2, 0.25) is 0 Å². The molecule has 5 aliphatic rings. The fourth-order valence-corrected chi connectivity index (χ4v) is 7.07. The van der Waals surface area contributed by atoms with E-state index < -0.39 is 0 Å². The van der Waals surface area contributed by atoms with Crippen molar-refractivity contribution in [3.63, 3.8) is 0 Å². The molecule has 6 nitrogen and oxygen atoms in total. The molecule has 4 bridgehead atoms. The lowest BCUT2D eigenvalue weighted by Crippen LogP contribution is -2.55. The normalized spacial score (nSPS) is 36.7. The number of nitrogens with zero attached hydrogens (tertiary/aromatic N) is 3. The Labute approximate surface area is 161 Å². The minimum atomic E-state index is -0.0315. The van der Waals surface area contributed by atoms with Gasteiger partial charge in [0, 0.05) is 6.04 Å². The number of hydrogen-bond donors (Lipinski definition) is 2. The van der Waals surface area contributed by atoms with Crippen LogP contribution in [-0.4, -0.2) is 40.0 Å². The molecule has 27 heavy (non-hydrogen) atoms. The molecule has 0 aromatic carbocycles. The molecule has 1 aromatic heterocycles. The summed E-state index contributed by atoms with van der Waals surface area (Å²) in [6, 6.07) is 0.586. The van der Waals surface area contributed by atoms with Gasteiger partial charge in [0.25, 0.3) is 5.91 Å². The number of carbonyl (C=O) groups excluding carboxylic acids is 1. The average Bonchev–Trinajstić information content (AvgIpc) is 3.03. The quantitative estimate of drug-likeness (QED) is 0.854. The second-order valence-corrected chi connectivity index (χ2v) is 9.92. The summed E-state index contributed by atoms with van der Waals surface area (Å²) in [5.41, 5.74) is 1.76. The van der Waals surface area contributed by atoms with Crippen LogP contribution in [-0.2, 0) is 0 Å². The molecule has 1 amide bonds. The van der Waals surface area contributed by atoms with E-state index in [1.807, 2.05) is 11.6 Å². The molecule has 1 unspecified atom stereocenters. The third-order valence-corrected chi connectivity index (χ3v) is 8.15. The molecule has 6 rings (SSSR count). The highest BCUT2D eigenvalue weighted by molar-refractivity contribution is 5.93. The molecule has 6 heteroatoms. The van der Waals surface area contributed by atoms with Crippen molar-refractivity contribution in [2.45, 2.75) is 77.3 Å². The highest BCUT2D eigenvalue weighted by atomic mass is 16.2. The van der Waals surface area contributed by atoms with E-state index in [0.29, 0.717) is 17.2 Å². The molecule has 148 valence electrons. The largest absolute Gasteiger partial charge is 0.348 e. The summed E-state index contributed by atoms with van der Waals surface area (Å²) >= 11 is 0. The maximum Gasteiger partial charge on any atom is 0.273 e. The van der Waals surface area contributed by atoms with E-state index in [0.717, 1.165) is 49.4 Å². The van der Waals surface area contributed by atoms with Crippen molar-refractivity contribution in [3.05, 3.63) is 11.4 Å². The van der Waals surface area contributed by atoms with Gasteiger partial charge in [-0.3, -0.25) is 4.79 Å². The van der Waals surface area contributed by atoms with Gasteiger partial charge in [-0.25, -0.2) is 4.68 Å². The van der Waals surface area contributed by atoms with Crippen LogP contribution < -0.4 is 10.6 Å². The molecule has 5 fully saturated rings. The first-order chi connectivity index (χ1) is 13.0. The molecule has 4 saturated carbocycles. The standard InChI is InChI=1S/C21H33N5O/c1-13-19(24-25-26(13)18-3-5-22-6-4-18)20(27)23-14(2)21-10-15-7-16(11-21)9-17(8-15)12-21/h14-18,22H,3-12H2,1-2H3,(H,23,27). The number of hydrogen-bond acceptors (Lipinski definition) is 4. The molecule has 0 spiro atoms. The zero-order valence-electron chi connectivity index (χ0n) is 16.7. The number of carbonyl (C=O) groups is 1. The van der Waals surface area contributed by atoms with E-state index in [1.165, 1.54) is 38.5 Å². The van der Waals surface area contributed by atoms with E-state index in [1.54, 1.807) is 0 Å². The summed E-state index contributed by atoms with van der Waals surface area (Å²) in [7, 11) is 0. The molecule has 2 N–H and O–H groups in total. The van der Waals surface area contributed by atoms with Gasteiger partial charge in [-0.2, -0.15) is 0 Å². The van der Waals surface area contributed by atoms with Crippen molar-refractivity contribution in [2.75, 3.05) is 13.1 Å². The summed E-state index contributed by atoms with van der Waals surface area (Å²) in [5.74, 6) is 2.67. The molecule has 0 radical (unpaired) electrons. The second-order valence-electron chi connectivity index (χ2n) is 9.92. The first-order valence-corrected chi connectivity index (χ1v) is 11.0. The Bertz CT molecular complexity index is 685. The van der Waals surface area contributed by atoms with Gasteiger partial charge in [-0.05, 0) is 101 Å². The Hall–Kier alpha value is -1.43. The summed E-state index contributed by atoms with van der Waals surface area (Å²) in [5, 5.41) is 15.3.